The summed E-state index contributed by atoms with van der Waals surface area (Å²) in [6, 6.07) is 6.94. The average Bonchev–Trinajstić information content (AvgIpc) is 2.46. The zero-order chi connectivity index (χ0) is 15.4. The Kier molecular flexibility index (Phi) is 5.39. The second-order valence-electron chi connectivity index (χ2n) is 4.76. The summed E-state index contributed by atoms with van der Waals surface area (Å²) < 4.78 is 11.0. The van der Waals surface area contributed by atoms with Gasteiger partial charge >= 0.3 is 0 Å². The van der Waals surface area contributed by atoms with Gasteiger partial charge in [0.05, 0.1) is 13.2 Å². The van der Waals surface area contributed by atoms with Crippen molar-refractivity contribution in [1.29, 1.82) is 0 Å². The van der Waals surface area contributed by atoms with Gasteiger partial charge in [-0.25, -0.2) is 0 Å². The topological polar surface area (TPSA) is 64.8 Å². The first kappa shape index (κ1) is 16.0. The minimum absolute atomic E-state index is 0.125. The highest BCUT2D eigenvalue weighted by molar-refractivity contribution is 7.80. The van der Waals surface area contributed by atoms with Crippen LogP contribution in [0.25, 0.3) is 0 Å². The van der Waals surface area contributed by atoms with E-state index in [1.165, 1.54) is 0 Å². The van der Waals surface area contributed by atoms with Gasteiger partial charge in [0.2, 0.25) is 0 Å². The maximum atomic E-state index is 12.4. The number of amides is 1. The number of hydrogen-bond donors (Lipinski definition) is 1. The number of benzene rings is 1. The van der Waals surface area contributed by atoms with Crippen molar-refractivity contribution in [2.24, 2.45) is 5.73 Å². The van der Waals surface area contributed by atoms with Crippen molar-refractivity contribution < 1.29 is 14.3 Å². The molecule has 0 aliphatic carbocycles. The third-order valence-corrected chi connectivity index (χ3v) is 3.65. The Morgan fingerprint density at radius 2 is 2.38 bits per heavy atom. The van der Waals surface area contributed by atoms with Crippen molar-refractivity contribution in [3.05, 3.63) is 29.3 Å². The number of rotatable bonds is 4. The molecular weight excluding hydrogens is 312 g/mol. The van der Waals surface area contributed by atoms with Crippen LogP contribution in [-0.2, 0) is 9.53 Å². The van der Waals surface area contributed by atoms with Crippen molar-refractivity contribution in [3.8, 4) is 5.75 Å². The fraction of sp³-hybridized carbons (Fsp3) is 0.429. The minimum Gasteiger partial charge on any atom is -0.481 e. The van der Waals surface area contributed by atoms with Crippen LogP contribution in [0.5, 0.6) is 5.75 Å². The molecule has 2 N–H and O–H groups in total. The van der Waals surface area contributed by atoms with Crippen LogP contribution in [0.4, 0.5) is 0 Å². The van der Waals surface area contributed by atoms with Gasteiger partial charge in [-0.3, -0.25) is 4.79 Å². The Morgan fingerprint density at radius 3 is 3.05 bits per heavy atom. The summed E-state index contributed by atoms with van der Waals surface area (Å²) >= 11 is 10.8. The summed E-state index contributed by atoms with van der Waals surface area (Å²) in [6.45, 7) is 2.98. The van der Waals surface area contributed by atoms with E-state index in [2.05, 4.69) is 0 Å². The second kappa shape index (κ2) is 7.06. The normalized spacial score (nSPS) is 19.9. The standard InChI is InChI=1S/C14H17ClN2O3S/c1-9(20-11-4-2-3-10(15)7-11)14(18)17-5-6-19-12(8-17)13(16)21/h2-4,7,9,12H,5-6,8H2,1H3,(H2,16,21). The molecule has 2 atom stereocenters. The predicted molar refractivity (Wildman–Crippen MR) is 84.6 cm³/mol. The summed E-state index contributed by atoms with van der Waals surface area (Å²) in [5.41, 5.74) is 5.57. The average molecular weight is 329 g/mol. The van der Waals surface area contributed by atoms with Gasteiger partial charge in [-0.05, 0) is 25.1 Å². The number of thiocarbonyl (C=S) groups is 1. The van der Waals surface area contributed by atoms with Crippen LogP contribution in [0.3, 0.4) is 0 Å². The first-order valence-corrected chi connectivity index (χ1v) is 7.38. The number of hydrogen-bond acceptors (Lipinski definition) is 4. The molecule has 0 bridgehead atoms. The summed E-state index contributed by atoms with van der Waals surface area (Å²) in [5, 5.41) is 0.562. The summed E-state index contributed by atoms with van der Waals surface area (Å²) in [5.74, 6) is 0.432. The molecule has 1 aromatic carbocycles. The zero-order valence-electron chi connectivity index (χ0n) is 11.6. The fourth-order valence-electron chi connectivity index (χ4n) is 2.07. The Labute approximate surface area is 133 Å². The molecule has 5 nitrogen and oxygen atoms in total. The van der Waals surface area contributed by atoms with Crippen molar-refractivity contribution in [3.63, 3.8) is 0 Å². The molecule has 21 heavy (non-hydrogen) atoms. The van der Waals surface area contributed by atoms with Gasteiger partial charge in [0, 0.05) is 11.6 Å². The van der Waals surface area contributed by atoms with E-state index in [-0.39, 0.29) is 10.9 Å². The highest BCUT2D eigenvalue weighted by Gasteiger charge is 2.29. The van der Waals surface area contributed by atoms with E-state index in [4.69, 9.17) is 39.0 Å². The van der Waals surface area contributed by atoms with E-state index in [0.717, 1.165) is 0 Å². The van der Waals surface area contributed by atoms with Gasteiger partial charge in [0.25, 0.3) is 5.91 Å². The summed E-state index contributed by atoms with van der Waals surface area (Å²) in [7, 11) is 0. The first-order chi connectivity index (χ1) is 9.97. The number of ether oxygens (including phenoxy) is 2. The first-order valence-electron chi connectivity index (χ1n) is 6.59. The molecule has 1 saturated heterocycles. The Bertz CT molecular complexity index is 541. The van der Waals surface area contributed by atoms with E-state index < -0.39 is 12.2 Å². The maximum Gasteiger partial charge on any atom is 0.263 e. The molecule has 1 heterocycles. The van der Waals surface area contributed by atoms with Crippen molar-refractivity contribution in [1.82, 2.24) is 4.90 Å². The lowest BCUT2D eigenvalue weighted by molar-refractivity contribution is -0.143. The largest absolute Gasteiger partial charge is 0.481 e. The molecule has 0 saturated carbocycles. The number of nitrogens with zero attached hydrogens (tertiary/aromatic N) is 1. The highest BCUT2D eigenvalue weighted by Crippen LogP contribution is 2.19. The van der Waals surface area contributed by atoms with Crippen LogP contribution in [0.15, 0.2) is 24.3 Å². The fourth-order valence-corrected chi connectivity index (χ4v) is 2.40. The second-order valence-corrected chi connectivity index (χ2v) is 5.67. The van der Waals surface area contributed by atoms with Gasteiger partial charge in [0.15, 0.2) is 6.10 Å². The predicted octanol–water partition coefficient (Wildman–Crippen LogP) is 1.62. The van der Waals surface area contributed by atoms with Crippen molar-refractivity contribution >= 4 is 34.7 Å². The Hall–Kier alpha value is -1.37. The number of halogens is 1. The third kappa shape index (κ3) is 4.30. The number of nitrogens with two attached hydrogens (primary N) is 1. The Morgan fingerprint density at radius 1 is 1.62 bits per heavy atom. The molecule has 1 aliphatic rings. The third-order valence-electron chi connectivity index (χ3n) is 3.15. The Balaban J connectivity index is 1.97. The van der Waals surface area contributed by atoms with Crippen molar-refractivity contribution in [2.45, 2.75) is 19.1 Å². The van der Waals surface area contributed by atoms with Gasteiger partial charge in [-0.1, -0.05) is 29.9 Å². The van der Waals surface area contributed by atoms with Gasteiger partial charge < -0.3 is 20.1 Å². The molecule has 0 aromatic heterocycles. The quantitative estimate of drug-likeness (QED) is 0.851. The molecule has 1 aromatic rings. The van der Waals surface area contributed by atoms with Gasteiger partial charge in [-0.2, -0.15) is 0 Å². The lowest BCUT2D eigenvalue weighted by Crippen LogP contribution is -2.52. The highest BCUT2D eigenvalue weighted by atomic mass is 35.5. The molecular formula is C14H17ClN2O3S. The smallest absolute Gasteiger partial charge is 0.263 e. The van der Waals surface area contributed by atoms with E-state index >= 15 is 0 Å². The van der Waals surface area contributed by atoms with E-state index in [0.29, 0.717) is 30.5 Å². The lowest BCUT2D eigenvalue weighted by Gasteiger charge is -2.33. The molecule has 1 amide bonds. The molecule has 1 aliphatic heterocycles. The van der Waals surface area contributed by atoms with Crippen LogP contribution in [0.1, 0.15) is 6.92 Å². The minimum atomic E-state index is -0.617. The maximum absolute atomic E-state index is 12.4. The van der Waals surface area contributed by atoms with E-state index in [9.17, 15) is 4.79 Å². The van der Waals surface area contributed by atoms with Crippen molar-refractivity contribution in [2.75, 3.05) is 19.7 Å². The summed E-state index contributed by atoms with van der Waals surface area (Å²) in [4.78, 5) is 14.3. The monoisotopic (exact) mass is 328 g/mol. The summed E-state index contributed by atoms with van der Waals surface area (Å²) in [6.07, 6.45) is -1.01. The molecule has 0 radical (unpaired) electrons. The molecule has 0 spiro atoms. The molecule has 1 fully saturated rings. The van der Waals surface area contributed by atoms with Crippen LogP contribution < -0.4 is 10.5 Å². The number of morpholine rings is 1. The molecule has 7 heteroatoms. The van der Waals surface area contributed by atoms with Gasteiger partial charge in [0.1, 0.15) is 16.8 Å². The lowest BCUT2D eigenvalue weighted by atomic mass is 10.2. The molecule has 2 unspecified atom stereocenters. The SMILES string of the molecule is CC(Oc1cccc(Cl)c1)C(=O)N1CCOC(C(N)=S)C1. The molecule has 114 valence electrons. The van der Waals surface area contributed by atoms with Crippen LogP contribution >= 0.6 is 23.8 Å². The van der Waals surface area contributed by atoms with E-state index in [1.54, 1.807) is 36.1 Å². The number of carbonyl (C=O) groups is 1. The van der Waals surface area contributed by atoms with Gasteiger partial charge in [-0.15, -0.1) is 0 Å². The van der Waals surface area contributed by atoms with Crippen LogP contribution in [0.2, 0.25) is 5.02 Å². The van der Waals surface area contributed by atoms with Crippen LogP contribution in [0, 0.1) is 0 Å². The molecule has 2 rings (SSSR count). The zero-order valence-corrected chi connectivity index (χ0v) is 13.2. The number of carbonyl (C=O) groups excluding carboxylic acids is 1. The van der Waals surface area contributed by atoms with E-state index in [1.807, 2.05) is 0 Å². The van der Waals surface area contributed by atoms with Crippen LogP contribution in [-0.4, -0.2) is 47.7 Å².